The van der Waals surface area contributed by atoms with Gasteiger partial charge >= 0.3 is 0 Å². The lowest BCUT2D eigenvalue weighted by Crippen LogP contribution is -2.09. The molecule has 0 fully saturated rings. The SMILES string of the molecule is CCCCCCC[C](C)C(CC)CCCCCC. The van der Waals surface area contributed by atoms with Crippen molar-refractivity contribution in [3.63, 3.8) is 0 Å². The molecular formula is C18H37. The van der Waals surface area contributed by atoms with Gasteiger partial charge in [0.25, 0.3) is 0 Å². The Balaban J connectivity index is 3.58. The molecule has 1 atom stereocenters. The minimum Gasteiger partial charge on any atom is -0.0654 e. The van der Waals surface area contributed by atoms with Gasteiger partial charge in [0.15, 0.2) is 0 Å². The fourth-order valence-corrected chi connectivity index (χ4v) is 2.83. The first-order chi connectivity index (χ1) is 8.76. The Labute approximate surface area is 117 Å². The van der Waals surface area contributed by atoms with Gasteiger partial charge in [0.05, 0.1) is 0 Å². The van der Waals surface area contributed by atoms with Crippen molar-refractivity contribution < 1.29 is 0 Å². The average molecular weight is 253 g/mol. The van der Waals surface area contributed by atoms with E-state index in [4.69, 9.17) is 0 Å². The Morgan fingerprint density at radius 2 is 1.28 bits per heavy atom. The van der Waals surface area contributed by atoms with Crippen LogP contribution in [0, 0.1) is 11.8 Å². The molecule has 0 aromatic heterocycles. The zero-order valence-corrected chi connectivity index (χ0v) is 13.6. The standard InChI is InChI=1S/C18H37/c1-5-8-10-12-13-15-17(4)18(7-3)16-14-11-9-6-2/h18H,5-16H2,1-4H3. The van der Waals surface area contributed by atoms with Gasteiger partial charge < -0.3 is 0 Å². The Morgan fingerprint density at radius 3 is 1.83 bits per heavy atom. The summed E-state index contributed by atoms with van der Waals surface area (Å²) in [5.74, 6) is 2.69. The number of rotatable bonds is 13. The summed E-state index contributed by atoms with van der Waals surface area (Å²) >= 11 is 0. The first-order valence-electron chi connectivity index (χ1n) is 8.58. The lowest BCUT2D eigenvalue weighted by atomic mass is 9.83. The van der Waals surface area contributed by atoms with Crippen molar-refractivity contribution in [3.05, 3.63) is 5.92 Å². The van der Waals surface area contributed by atoms with E-state index >= 15 is 0 Å². The highest BCUT2D eigenvalue weighted by atomic mass is 14.2. The zero-order chi connectivity index (χ0) is 13.6. The fourth-order valence-electron chi connectivity index (χ4n) is 2.83. The van der Waals surface area contributed by atoms with Crippen molar-refractivity contribution in [2.75, 3.05) is 0 Å². The van der Waals surface area contributed by atoms with Crippen molar-refractivity contribution in [1.29, 1.82) is 0 Å². The molecule has 0 rings (SSSR count). The van der Waals surface area contributed by atoms with Crippen molar-refractivity contribution in [2.45, 2.75) is 105 Å². The second-order valence-corrected chi connectivity index (χ2v) is 5.97. The highest BCUT2D eigenvalue weighted by molar-refractivity contribution is 4.91. The van der Waals surface area contributed by atoms with Crippen molar-refractivity contribution in [3.8, 4) is 0 Å². The molecule has 0 bridgehead atoms. The normalized spacial score (nSPS) is 13.2. The van der Waals surface area contributed by atoms with Crippen LogP contribution in [0.4, 0.5) is 0 Å². The average Bonchev–Trinajstić information content (AvgIpc) is 2.38. The van der Waals surface area contributed by atoms with Crippen LogP contribution >= 0.6 is 0 Å². The first kappa shape index (κ1) is 18.0. The molecule has 0 aliphatic rings. The second kappa shape index (κ2) is 13.4. The molecule has 1 radical (unpaired) electrons. The highest BCUT2D eigenvalue weighted by Gasteiger charge is 2.14. The number of hydrogen-bond donors (Lipinski definition) is 0. The third-order valence-corrected chi connectivity index (χ3v) is 4.27. The van der Waals surface area contributed by atoms with Crippen LogP contribution in [0.5, 0.6) is 0 Å². The van der Waals surface area contributed by atoms with Crippen LogP contribution in [0.1, 0.15) is 105 Å². The van der Waals surface area contributed by atoms with Crippen LogP contribution in [-0.4, -0.2) is 0 Å². The van der Waals surface area contributed by atoms with Gasteiger partial charge in [-0.2, -0.15) is 0 Å². The van der Waals surface area contributed by atoms with Crippen molar-refractivity contribution >= 4 is 0 Å². The fraction of sp³-hybridized carbons (Fsp3) is 0.944. The largest absolute Gasteiger partial charge is 0.0654 e. The molecule has 0 amide bonds. The molecule has 1 unspecified atom stereocenters. The summed E-state index contributed by atoms with van der Waals surface area (Å²) in [6.45, 7) is 9.37. The van der Waals surface area contributed by atoms with Crippen molar-refractivity contribution in [1.82, 2.24) is 0 Å². The maximum atomic E-state index is 2.41. The molecular weight excluding hydrogens is 216 g/mol. The molecule has 0 heteroatoms. The summed E-state index contributed by atoms with van der Waals surface area (Å²) in [7, 11) is 0. The smallest absolute Gasteiger partial charge is 0.0241 e. The molecule has 0 N–H and O–H groups in total. The summed E-state index contributed by atoms with van der Waals surface area (Å²) < 4.78 is 0. The van der Waals surface area contributed by atoms with E-state index in [0.29, 0.717) is 0 Å². The van der Waals surface area contributed by atoms with E-state index in [1.54, 1.807) is 5.92 Å². The summed E-state index contributed by atoms with van der Waals surface area (Å²) in [6.07, 6.45) is 16.9. The van der Waals surface area contributed by atoms with Gasteiger partial charge in [-0.1, -0.05) is 91.9 Å². The van der Waals surface area contributed by atoms with E-state index in [-0.39, 0.29) is 0 Å². The van der Waals surface area contributed by atoms with Crippen LogP contribution in [-0.2, 0) is 0 Å². The van der Waals surface area contributed by atoms with E-state index < -0.39 is 0 Å². The lowest BCUT2D eigenvalue weighted by molar-refractivity contribution is 0.428. The van der Waals surface area contributed by atoms with E-state index in [1.807, 2.05) is 0 Å². The molecule has 0 aliphatic carbocycles. The van der Waals surface area contributed by atoms with Crippen LogP contribution in [0.15, 0.2) is 0 Å². The van der Waals surface area contributed by atoms with Crippen molar-refractivity contribution in [2.24, 2.45) is 5.92 Å². The molecule has 0 aliphatic heterocycles. The quantitative estimate of drug-likeness (QED) is 0.312. The van der Waals surface area contributed by atoms with Gasteiger partial charge in [-0.25, -0.2) is 0 Å². The van der Waals surface area contributed by atoms with Gasteiger partial charge in [0.2, 0.25) is 0 Å². The van der Waals surface area contributed by atoms with Gasteiger partial charge in [0.1, 0.15) is 0 Å². The van der Waals surface area contributed by atoms with Gasteiger partial charge in [-0.3, -0.25) is 0 Å². The Kier molecular flexibility index (Phi) is 13.4. The highest BCUT2D eigenvalue weighted by Crippen LogP contribution is 2.28. The van der Waals surface area contributed by atoms with E-state index in [2.05, 4.69) is 27.7 Å². The summed E-state index contributed by atoms with van der Waals surface area (Å²) in [5, 5.41) is 0. The molecule has 0 spiro atoms. The van der Waals surface area contributed by atoms with Crippen LogP contribution < -0.4 is 0 Å². The van der Waals surface area contributed by atoms with Crippen LogP contribution in [0.2, 0.25) is 0 Å². The van der Waals surface area contributed by atoms with Gasteiger partial charge in [-0.15, -0.1) is 0 Å². The van der Waals surface area contributed by atoms with Gasteiger partial charge in [-0.05, 0) is 24.7 Å². The zero-order valence-electron chi connectivity index (χ0n) is 13.6. The third-order valence-electron chi connectivity index (χ3n) is 4.27. The molecule has 0 aromatic rings. The maximum Gasteiger partial charge on any atom is -0.0241 e. The molecule has 18 heavy (non-hydrogen) atoms. The predicted octanol–water partition coefficient (Wildman–Crippen LogP) is 6.94. The molecule has 0 nitrogen and oxygen atoms in total. The topological polar surface area (TPSA) is 0 Å². The number of unbranched alkanes of at least 4 members (excludes halogenated alkanes) is 7. The third kappa shape index (κ3) is 9.97. The summed E-state index contributed by atoms with van der Waals surface area (Å²) in [5.41, 5.74) is 0. The van der Waals surface area contributed by atoms with Crippen LogP contribution in [0.3, 0.4) is 0 Å². The van der Waals surface area contributed by atoms with Gasteiger partial charge in [0, 0.05) is 0 Å². The van der Waals surface area contributed by atoms with E-state index in [0.717, 1.165) is 5.92 Å². The summed E-state index contributed by atoms with van der Waals surface area (Å²) in [6, 6.07) is 0. The Hall–Kier alpha value is 0. The Morgan fingerprint density at radius 1 is 0.722 bits per heavy atom. The number of hydrogen-bond acceptors (Lipinski definition) is 0. The van der Waals surface area contributed by atoms with E-state index in [1.165, 1.54) is 77.0 Å². The Bertz CT molecular complexity index is 150. The molecule has 0 saturated carbocycles. The minimum atomic E-state index is 0.910. The molecule has 0 saturated heterocycles. The van der Waals surface area contributed by atoms with Crippen LogP contribution in [0.25, 0.3) is 0 Å². The molecule has 0 heterocycles. The second-order valence-electron chi connectivity index (χ2n) is 5.97. The summed E-state index contributed by atoms with van der Waals surface area (Å²) in [4.78, 5) is 0. The molecule has 109 valence electrons. The monoisotopic (exact) mass is 253 g/mol. The first-order valence-corrected chi connectivity index (χ1v) is 8.58. The minimum absolute atomic E-state index is 0.910. The van der Waals surface area contributed by atoms with E-state index in [9.17, 15) is 0 Å². The lowest BCUT2D eigenvalue weighted by Gasteiger charge is -2.22. The maximum absolute atomic E-state index is 2.41. The predicted molar refractivity (Wildman–Crippen MR) is 84.8 cm³/mol. The molecule has 0 aromatic carbocycles.